The van der Waals surface area contributed by atoms with Crippen molar-refractivity contribution < 1.29 is 0 Å². The van der Waals surface area contributed by atoms with Crippen LogP contribution in [0.3, 0.4) is 0 Å². The van der Waals surface area contributed by atoms with Gasteiger partial charge in [-0.2, -0.15) is 0 Å². The summed E-state index contributed by atoms with van der Waals surface area (Å²) in [7, 11) is 0. The molecule has 2 aromatic rings. The van der Waals surface area contributed by atoms with Crippen molar-refractivity contribution in [3.63, 3.8) is 0 Å². The monoisotopic (exact) mass is 253 g/mol. The molecule has 0 radical (unpaired) electrons. The maximum absolute atomic E-state index is 4.72. The number of anilines is 2. The average Bonchev–Trinajstić information content (AvgIpc) is 2.45. The molecule has 3 heteroatoms. The Kier molecular flexibility index (Phi) is 3.20. The molecule has 3 rings (SSSR count). The highest BCUT2D eigenvalue weighted by Gasteiger charge is 2.24. The number of benzene rings is 1. The van der Waals surface area contributed by atoms with Gasteiger partial charge in [-0.3, -0.25) is 0 Å². The second-order valence-electron chi connectivity index (χ2n) is 5.40. The molecule has 2 atom stereocenters. The van der Waals surface area contributed by atoms with Gasteiger partial charge in [-0.15, -0.1) is 0 Å². The van der Waals surface area contributed by atoms with E-state index in [2.05, 4.69) is 24.1 Å². The predicted molar refractivity (Wildman–Crippen MR) is 77.7 cm³/mol. The molecule has 0 bridgehead atoms. The SMILES string of the molecule is CC1CCc2cnc(Nc3ccccc3)nc2C1C. The van der Waals surface area contributed by atoms with Gasteiger partial charge in [-0.1, -0.05) is 32.0 Å². The van der Waals surface area contributed by atoms with Crippen LogP contribution in [0.4, 0.5) is 11.6 Å². The molecule has 1 heterocycles. The third kappa shape index (κ3) is 2.46. The lowest BCUT2D eigenvalue weighted by Crippen LogP contribution is -2.18. The lowest BCUT2D eigenvalue weighted by molar-refractivity contribution is 0.416. The number of aryl methyl sites for hydroxylation is 1. The van der Waals surface area contributed by atoms with Crippen molar-refractivity contribution in [3.05, 3.63) is 47.8 Å². The Morgan fingerprint density at radius 2 is 1.95 bits per heavy atom. The quantitative estimate of drug-likeness (QED) is 0.881. The summed E-state index contributed by atoms with van der Waals surface area (Å²) in [6.45, 7) is 4.57. The van der Waals surface area contributed by atoms with Gasteiger partial charge in [-0.25, -0.2) is 9.97 Å². The summed E-state index contributed by atoms with van der Waals surface area (Å²) in [5.74, 6) is 1.92. The highest BCUT2D eigenvalue weighted by atomic mass is 15.1. The Bertz CT molecular complexity index is 565. The van der Waals surface area contributed by atoms with Gasteiger partial charge >= 0.3 is 0 Å². The number of hydrogen-bond donors (Lipinski definition) is 1. The van der Waals surface area contributed by atoms with E-state index in [1.807, 2.05) is 36.5 Å². The molecule has 1 N–H and O–H groups in total. The normalized spacial score (nSPS) is 21.8. The second kappa shape index (κ2) is 5.00. The number of aromatic nitrogens is 2. The van der Waals surface area contributed by atoms with E-state index < -0.39 is 0 Å². The van der Waals surface area contributed by atoms with Crippen LogP contribution in [0, 0.1) is 5.92 Å². The van der Waals surface area contributed by atoms with Gasteiger partial charge in [0.1, 0.15) is 0 Å². The molecule has 2 unspecified atom stereocenters. The molecule has 3 nitrogen and oxygen atoms in total. The molecule has 0 saturated carbocycles. The van der Waals surface area contributed by atoms with Crippen molar-refractivity contribution >= 4 is 11.6 Å². The Morgan fingerprint density at radius 1 is 1.16 bits per heavy atom. The van der Waals surface area contributed by atoms with E-state index in [9.17, 15) is 0 Å². The van der Waals surface area contributed by atoms with Crippen molar-refractivity contribution in [2.45, 2.75) is 32.6 Å². The summed E-state index contributed by atoms with van der Waals surface area (Å²) < 4.78 is 0. The summed E-state index contributed by atoms with van der Waals surface area (Å²) in [6.07, 6.45) is 4.32. The molecule has 1 aliphatic rings. The molecule has 1 aromatic carbocycles. The first kappa shape index (κ1) is 12.2. The molecule has 0 amide bonds. The maximum Gasteiger partial charge on any atom is 0.227 e. The van der Waals surface area contributed by atoms with Gasteiger partial charge < -0.3 is 5.32 Å². The summed E-state index contributed by atoms with van der Waals surface area (Å²) in [5, 5.41) is 3.27. The van der Waals surface area contributed by atoms with Crippen LogP contribution >= 0.6 is 0 Å². The zero-order valence-electron chi connectivity index (χ0n) is 11.4. The highest BCUT2D eigenvalue weighted by Crippen LogP contribution is 2.34. The van der Waals surface area contributed by atoms with Crippen LogP contribution < -0.4 is 5.32 Å². The topological polar surface area (TPSA) is 37.8 Å². The lowest BCUT2D eigenvalue weighted by Gasteiger charge is -2.27. The number of rotatable bonds is 2. The van der Waals surface area contributed by atoms with Gasteiger partial charge in [0.2, 0.25) is 5.95 Å². The fraction of sp³-hybridized carbons (Fsp3) is 0.375. The smallest absolute Gasteiger partial charge is 0.227 e. The van der Waals surface area contributed by atoms with Crippen molar-refractivity contribution in [1.82, 2.24) is 9.97 Å². The van der Waals surface area contributed by atoms with E-state index in [0.29, 0.717) is 17.8 Å². The zero-order chi connectivity index (χ0) is 13.2. The van der Waals surface area contributed by atoms with Crippen molar-refractivity contribution in [2.24, 2.45) is 5.92 Å². The third-order valence-electron chi connectivity index (χ3n) is 4.08. The van der Waals surface area contributed by atoms with Crippen LogP contribution in [0.2, 0.25) is 0 Å². The molecule has 1 aromatic heterocycles. The van der Waals surface area contributed by atoms with Crippen molar-refractivity contribution in [2.75, 3.05) is 5.32 Å². The van der Waals surface area contributed by atoms with E-state index in [-0.39, 0.29) is 0 Å². The minimum atomic E-state index is 0.517. The summed E-state index contributed by atoms with van der Waals surface area (Å²) in [6, 6.07) is 10.1. The van der Waals surface area contributed by atoms with Gasteiger partial charge in [0.05, 0.1) is 5.69 Å². The highest BCUT2D eigenvalue weighted by molar-refractivity contribution is 5.53. The van der Waals surface area contributed by atoms with E-state index >= 15 is 0 Å². The van der Waals surface area contributed by atoms with Crippen molar-refractivity contribution in [3.8, 4) is 0 Å². The Labute approximate surface area is 114 Å². The van der Waals surface area contributed by atoms with Crippen LogP contribution in [0.25, 0.3) is 0 Å². The van der Waals surface area contributed by atoms with Gasteiger partial charge in [-0.05, 0) is 36.5 Å². The third-order valence-corrected chi connectivity index (χ3v) is 4.08. The van der Waals surface area contributed by atoms with Gasteiger partial charge in [0.15, 0.2) is 0 Å². The first-order chi connectivity index (χ1) is 9.24. The van der Waals surface area contributed by atoms with E-state index in [1.54, 1.807) is 0 Å². The molecular weight excluding hydrogens is 234 g/mol. The fourth-order valence-electron chi connectivity index (χ4n) is 2.62. The molecule has 0 saturated heterocycles. The maximum atomic E-state index is 4.72. The van der Waals surface area contributed by atoms with Crippen LogP contribution in [-0.2, 0) is 6.42 Å². The van der Waals surface area contributed by atoms with Crippen LogP contribution in [0.1, 0.15) is 37.4 Å². The van der Waals surface area contributed by atoms with Crippen LogP contribution in [-0.4, -0.2) is 9.97 Å². The molecule has 0 aliphatic heterocycles. The standard InChI is InChI=1S/C16H19N3/c1-11-8-9-13-10-17-16(19-15(13)12(11)2)18-14-6-4-3-5-7-14/h3-7,10-12H,8-9H2,1-2H3,(H,17,18,19). The lowest BCUT2D eigenvalue weighted by atomic mass is 9.80. The largest absolute Gasteiger partial charge is 0.324 e. The zero-order valence-corrected chi connectivity index (χ0v) is 11.4. The average molecular weight is 253 g/mol. The van der Waals surface area contributed by atoms with Crippen molar-refractivity contribution in [1.29, 1.82) is 0 Å². The minimum Gasteiger partial charge on any atom is -0.324 e. The number of nitrogens with one attached hydrogen (secondary N) is 1. The van der Waals surface area contributed by atoms with E-state index in [4.69, 9.17) is 4.98 Å². The molecular formula is C16H19N3. The number of fused-ring (bicyclic) bond motifs is 1. The molecule has 19 heavy (non-hydrogen) atoms. The fourth-order valence-corrected chi connectivity index (χ4v) is 2.62. The van der Waals surface area contributed by atoms with Crippen LogP contribution in [0.5, 0.6) is 0 Å². The summed E-state index contributed by atoms with van der Waals surface area (Å²) in [5.41, 5.74) is 3.55. The first-order valence-corrected chi connectivity index (χ1v) is 6.92. The Morgan fingerprint density at radius 3 is 2.74 bits per heavy atom. The van der Waals surface area contributed by atoms with Gasteiger partial charge in [0.25, 0.3) is 0 Å². The molecule has 0 spiro atoms. The first-order valence-electron chi connectivity index (χ1n) is 6.92. The summed E-state index contributed by atoms with van der Waals surface area (Å²) >= 11 is 0. The molecule has 1 aliphatic carbocycles. The van der Waals surface area contributed by atoms with Gasteiger partial charge in [0, 0.05) is 17.8 Å². The number of para-hydroxylation sites is 1. The minimum absolute atomic E-state index is 0.517. The Hall–Kier alpha value is -1.90. The molecule has 98 valence electrons. The Balaban J connectivity index is 1.89. The van der Waals surface area contributed by atoms with E-state index in [0.717, 1.165) is 12.1 Å². The van der Waals surface area contributed by atoms with E-state index in [1.165, 1.54) is 17.7 Å². The second-order valence-corrected chi connectivity index (χ2v) is 5.40. The summed E-state index contributed by atoms with van der Waals surface area (Å²) in [4.78, 5) is 9.14. The number of nitrogens with zero attached hydrogens (tertiary/aromatic N) is 2. The van der Waals surface area contributed by atoms with Crippen LogP contribution in [0.15, 0.2) is 36.5 Å². The number of hydrogen-bond acceptors (Lipinski definition) is 3. The predicted octanol–water partition coefficient (Wildman–Crippen LogP) is 3.91. The molecule has 0 fully saturated rings.